The summed E-state index contributed by atoms with van der Waals surface area (Å²) in [4.78, 5) is 22.3. The van der Waals surface area contributed by atoms with Gasteiger partial charge >= 0.3 is 0 Å². The van der Waals surface area contributed by atoms with E-state index < -0.39 is 0 Å². The van der Waals surface area contributed by atoms with Gasteiger partial charge in [-0.15, -0.1) is 0 Å². The first-order chi connectivity index (χ1) is 16.2. The minimum absolute atomic E-state index is 0.0646. The third-order valence-electron chi connectivity index (χ3n) is 7.33. The van der Waals surface area contributed by atoms with Gasteiger partial charge in [0.15, 0.2) is 0 Å². The second-order valence-corrected chi connectivity index (χ2v) is 9.46. The van der Waals surface area contributed by atoms with E-state index in [-0.39, 0.29) is 11.5 Å². The smallest absolute Gasteiger partial charge is 0.222 e. The number of carbonyl (C=O) groups excluding carboxylic acids is 1. The number of aromatic amines is 1. The van der Waals surface area contributed by atoms with Gasteiger partial charge in [0.1, 0.15) is 5.75 Å². The van der Waals surface area contributed by atoms with Crippen molar-refractivity contribution >= 4 is 16.8 Å². The van der Waals surface area contributed by atoms with Crippen LogP contribution in [0.3, 0.4) is 0 Å². The molecule has 4 heterocycles. The van der Waals surface area contributed by atoms with Crippen LogP contribution < -0.4 is 4.74 Å². The Balaban J connectivity index is 1.08. The highest BCUT2D eigenvalue weighted by molar-refractivity contribution is 5.84. The number of nitrogens with one attached hydrogen (secondary N) is 1. The van der Waals surface area contributed by atoms with Gasteiger partial charge in [0.25, 0.3) is 0 Å². The number of hydrogen-bond donors (Lipinski definition) is 1. The number of nitrogens with zero attached hydrogens (tertiary/aromatic N) is 2. The Kier molecular flexibility index (Phi) is 6.63. The number of piperidine rings is 1. The van der Waals surface area contributed by atoms with E-state index in [1.807, 2.05) is 35.4 Å². The fourth-order valence-corrected chi connectivity index (χ4v) is 5.40. The zero-order valence-electron chi connectivity index (χ0n) is 19.2. The highest BCUT2D eigenvalue weighted by Crippen LogP contribution is 2.39. The summed E-state index contributed by atoms with van der Waals surface area (Å²) in [6.07, 6.45) is 12.0. The van der Waals surface area contributed by atoms with Crippen molar-refractivity contribution in [3.8, 4) is 5.75 Å². The van der Waals surface area contributed by atoms with E-state index in [2.05, 4.69) is 22.1 Å². The van der Waals surface area contributed by atoms with Crippen LogP contribution in [0.5, 0.6) is 5.75 Å². The maximum atomic E-state index is 12.9. The van der Waals surface area contributed by atoms with Crippen LogP contribution in [-0.4, -0.2) is 52.7 Å². The maximum Gasteiger partial charge on any atom is 0.222 e. The summed E-state index contributed by atoms with van der Waals surface area (Å²) >= 11 is 0. The molecule has 2 saturated heterocycles. The van der Waals surface area contributed by atoms with Gasteiger partial charge in [0.2, 0.25) is 5.91 Å². The van der Waals surface area contributed by atoms with Crippen LogP contribution in [-0.2, 0) is 16.0 Å². The number of pyridine rings is 1. The number of aromatic nitrogens is 2. The standard InChI is InChI=1S/C27H33N3O3/c31-26(8-7-22-19-29-25-6-2-1-5-24(22)25)30-14-11-27(12-15-30)18-21(10-17-33-27)9-16-32-23-4-3-13-28-20-23/h1-6,13,19-21,29H,7-12,14-18H2. The predicted octanol–water partition coefficient (Wildman–Crippen LogP) is 4.75. The van der Waals surface area contributed by atoms with Crippen LogP contribution in [0.4, 0.5) is 0 Å². The molecule has 0 radical (unpaired) electrons. The summed E-state index contributed by atoms with van der Waals surface area (Å²) in [6, 6.07) is 12.1. The molecule has 0 saturated carbocycles. The van der Waals surface area contributed by atoms with Gasteiger partial charge in [0.05, 0.1) is 18.4 Å². The molecule has 1 amide bonds. The second kappa shape index (κ2) is 9.96. The zero-order valence-corrected chi connectivity index (χ0v) is 19.2. The largest absolute Gasteiger partial charge is 0.492 e. The summed E-state index contributed by atoms with van der Waals surface area (Å²) in [7, 11) is 0. The lowest BCUT2D eigenvalue weighted by atomic mass is 9.78. The van der Waals surface area contributed by atoms with Crippen molar-refractivity contribution in [3.05, 3.63) is 60.6 Å². The highest BCUT2D eigenvalue weighted by atomic mass is 16.5. The van der Waals surface area contributed by atoms with Crippen LogP contribution in [0.15, 0.2) is 55.0 Å². The van der Waals surface area contributed by atoms with E-state index in [1.54, 1.807) is 12.4 Å². The molecule has 1 spiro atoms. The first-order valence-corrected chi connectivity index (χ1v) is 12.2. The molecule has 2 aromatic heterocycles. The van der Waals surface area contributed by atoms with E-state index in [9.17, 15) is 4.79 Å². The molecule has 1 unspecified atom stereocenters. The number of likely N-dealkylation sites (tertiary alicyclic amines) is 1. The Labute approximate surface area is 195 Å². The molecule has 0 bridgehead atoms. The van der Waals surface area contributed by atoms with Gasteiger partial charge in [-0.25, -0.2) is 0 Å². The molecule has 1 N–H and O–H groups in total. The van der Waals surface area contributed by atoms with Crippen molar-refractivity contribution in [1.29, 1.82) is 0 Å². The van der Waals surface area contributed by atoms with Gasteiger partial charge in [-0.05, 0) is 68.2 Å². The number of para-hydroxylation sites is 1. The van der Waals surface area contributed by atoms with Gasteiger partial charge < -0.3 is 19.4 Å². The van der Waals surface area contributed by atoms with Crippen molar-refractivity contribution in [2.24, 2.45) is 5.92 Å². The molecule has 1 aromatic carbocycles. The minimum Gasteiger partial charge on any atom is -0.492 e. The second-order valence-electron chi connectivity index (χ2n) is 9.46. The number of fused-ring (bicyclic) bond motifs is 1. The fraction of sp³-hybridized carbons (Fsp3) is 0.481. The third-order valence-corrected chi connectivity index (χ3v) is 7.33. The topological polar surface area (TPSA) is 67.5 Å². The number of hydrogen-bond acceptors (Lipinski definition) is 4. The Morgan fingerprint density at radius 1 is 1.21 bits per heavy atom. The number of H-pyrrole nitrogens is 1. The van der Waals surface area contributed by atoms with Crippen LogP contribution >= 0.6 is 0 Å². The predicted molar refractivity (Wildman–Crippen MR) is 128 cm³/mol. The zero-order chi connectivity index (χ0) is 22.5. The summed E-state index contributed by atoms with van der Waals surface area (Å²) in [6.45, 7) is 3.12. The van der Waals surface area contributed by atoms with Gasteiger partial charge in [-0.1, -0.05) is 18.2 Å². The maximum absolute atomic E-state index is 12.9. The van der Waals surface area contributed by atoms with Crippen molar-refractivity contribution in [1.82, 2.24) is 14.9 Å². The van der Waals surface area contributed by atoms with E-state index >= 15 is 0 Å². The van der Waals surface area contributed by atoms with Crippen LogP contribution in [0.1, 0.15) is 44.1 Å². The lowest BCUT2D eigenvalue weighted by molar-refractivity contribution is -0.147. The van der Waals surface area contributed by atoms with E-state index in [0.717, 1.165) is 69.5 Å². The van der Waals surface area contributed by atoms with Gasteiger partial charge in [-0.2, -0.15) is 0 Å². The SMILES string of the molecule is O=C(CCc1c[nH]c2ccccc12)N1CCC2(CC1)CC(CCOc1cccnc1)CCO2. The summed E-state index contributed by atoms with van der Waals surface area (Å²) in [5, 5.41) is 1.22. The Morgan fingerprint density at radius 2 is 2.09 bits per heavy atom. The molecule has 2 fully saturated rings. The van der Waals surface area contributed by atoms with Gasteiger partial charge in [-0.3, -0.25) is 9.78 Å². The molecule has 5 rings (SSSR count). The average molecular weight is 448 g/mol. The van der Waals surface area contributed by atoms with E-state index in [4.69, 9.17) is 9.47 Å². The van der Waals surface area contributed by atoms with Crippen molar-refractivity contribution in [2.45, 2.75) is 50.5 Å². The number of carbonyl (C=O) groups is 1. The Hall–Kier alpha value is -2.86. The van der Waals surface area contributed by atoms with E-state index in [1.165, 1.54) is 10.9 Å². The minimum atomic E-state index is -0.0646. The first kappa shape index (κ1) is 22.0. The fourth-order valence-electron chi connectivity index (χ4n) is 5.40. The van der Waals surface area contributed by atoms with Crippen molar-refractivity contribution in [2.75, 3.05) is 26.3 Å². The number of rotatable bonds is 7. The normalized spacial score (nSPS) is 20.2. The molecule has 1 atom stereocenters. The molecule has 33 heavy (non-hydrogen) atoms. The number of aryl methyl sites for hydroxylation is 1. The van der Waals surface area contributed by atoms with Crippen LogP contribution in [0.25, 0.3) is 10.9 Å². The summed E-state index contributed by atoms with van der Waals surface area (Å²) in [5.74, 6) is 1.70. The molecule has 6 heteroatoms. The Bertz CT molecular complexity index is 1060. The average Bonchev–Trinajstić information content (AvgIpc) is 3.27. The third kappa shape index (κ3) is 5.22. The van der Waals surface area contributed by atoms with E-state index in [0.29, 0.717) is 18.9 Å². The summed E-state index contributed by atoms with van der Waals surface area (Å²) in [5.41, 5.74) is 2.29. The molecule has 3 aromatic rings. The summed E-state index contributed by atoms with van der Waals surface area (Å²) < 4.78 is 12.2. The molecular formula is C27H33N3O3. The lowest BCUT2D eigenvalue weighted by Crippen LogP contribution is -2.51. The number of benzene rings is 1. The van der Waals surface area contributed by atoms with Crippen LogP contribution in [0.2, 0.25) is 0 Å². The monoisotopic (exact) mass is 447 g/mol. The quantitative estimate of drug-likeness (QED) is 0.567. The van der Waals surface area contributed by atoms with Crippen LogP contribution in [0, 0.1) is 5.92 Å². The van der Waals surface area contributed by atoms with Gasteiger partial charge in [0, 0.05) is 49.4 Å². The molecule has 2 aliphatic heterocycles. The molecule has 0 aliphatic carbocycles. The first-order valence-electron chi connectivity index (χ1n) is 12.2. The molecule has 174 valence electrons. The van der Waals surface area contributed by atoms with Crippen molar-refractivity contribution < 1.29 is 14.3 Å². The number of amides is 1. The highest BCUT2D eigenvalue weighted by Gasteiger charge is 2.40. The molecule has 2 aliphatic rings. The Morgan fingerprint density at radius 3 is 2.94 bits per heavy atom. The lowest BCUT2D eigenvalue weighted by Gasteiger charge is -2.46. The molecule has 6 nitrogen and oxygen atoms in total. The van der Waals surface area contributed by atoms with Crippen molar-refractivity contribution in [3.63, 3.8) is 0 Å². The number of ether oxygens (including phenoxy) is 2. The molecular weight excluding hydrogens is 414 g/mol.